The molecule has 0 aromatic carbocycles. The Labute approximate surface area is 96.7 Å². The fraction of sp³-hybridized carbons (Fsp3) is 0.889. The highest BCUT2D eigenvalue weighted by Gasteiger charge is 2.34. The summed E-state index contributed by atoms with van der Waals surface area (Å²) in [5.74, 6) is 0.528. The van der Waals surface area contributed by atoms with Gasteiger partial charge in [0.25, 0.3) is 0 Å². The summed E-state index contributed by atoms with van der Waals surface area (Å²) in [6.45, 7) is 3.58. The third kappa shape index (κ3) is 3.70. The van der Waals surface area contributed by atoms with E-state index in [0.29, 0.717) is 12.3 Å². The molecule has 0 heterocycles. The zero-order valence-corrected chi connectivity index (χ0v) is 10.7. The normalized spacial score (nSPS) is 20.9. The van der Waals surface area contributed by atoms with Crippen LogP contribution >= 0.6 is 12.2 Å². The number of thiocarbonyl (C=S) groups is 1. The molecule has 0 amide bonds. The van der Waals surface area contributed by atoms with Gasteiger partial charge in [0.2, 0.25) is 10.0 Å². The van der Waals surface area contributed by atoms with Crippen LogP contribution in [0.4, 0.5) is 0 Å². The van der Waals surface area contributed by atoms with Crippen molar-refractivity contribution in [1.29, 1.82) is 0 Å². The molecule has 6 heteroatoms. The van der Waals surface area contributed by atoms with Gasteiger partial charge in [0.15, 0.2) is 0 Å². The minimum absolute atomic E-state index is 0.198. The maximum atomic E-state index is 11.7. The van der Waals surface area contributed by atoms with Crippen LogP contribution in [0.2, 0.25) is 0 Å². The average molecular weight is 250 g/mol. The van der Waals surface area contributed by atoms with Crippen LogP contribution < -0.4 is 10.5 Å². The summed E-state index contributed by atoms with van der Waals surface area (Å²) in [4.78, 5) is 0.198. The Morgan fingerprint density at radius 2 is 2.13 bits per heavy atom. The van der Waals surface area contributed by atoms with Crippen LogP contribution in [0.25, 0.3) is 0 Å². The second kappa shape index (κ2) is 4.35. The van der Waals surface area contributed by atoms with Crippen LogP contribution in [-0.2, 0) is 10.0 Å². The van der Waals surface area contributed by atoms with Crippen LogP contribution in [0.1, 0.15) is 33.1 Å². The van der Waals surface area contributed by atoms with Crippen molar-refractivity contribution in [3.63, 3.8) is 0 Å². The Balaban J connectivity index is 2.68. The average Bonchev–Trinajstić information content (AvgIpc) is 2.86. The van der Waals surface area contributed by atoms with Gasteiger partial charge in [-0.25, -0.2) is 13.1 Å². The molecule has 1 saturated carbocycles. The Morgan fingerprint density at radius 1 is 1.60 bits per heavy atom. The van der Waals surface area contributed by atoms with E-state index < -0.39 is 15.6 Å². The van der Waals surface area contributed by atoms with Gasteiger partial charge < -0.3 is 5.73 Å². The number of nitrogens with two attached hydrogens (primary N) is 1. The van der Waals surface area contributed by atoms with E-state index in [0.717, 1.165) is 12.8 Å². The van der Waals surface area contributed by atoms with Crippen molar-refractivity contribution in [2.75, 3.05) is 5.75 Å². The second-order valence-corrected chi connectivity index (χ2v) is 6.58. The molecule has 0 aromatic rings. The molecule has 15 heavy (non-hydrogen) atoms. The lowest BCUT2D eigenvalue weighted by molar-refractivity contribution is 0.509. The van der Waals surface area contributed by atoms with Crippen LogP contribution in [0.5, 0.6) is 0 Å². The minimum atomic E-state index is -3.25. The van der Waals surface area contributed by atoms with Crippen molar-refractivity contribution in [3.05, 3.63) is 0 Å². The van der Waals surface area contributed by atoms with E-state index in [9.17, 15) is 8.42 Å². The molecule has 0 radical (unpaired) electrons. The van der Waals surface area contributed by atoms with Gasteiger partial charge in [-0.1, -0.05) is 19.1 Å². The number of nitrogens with one attached hydrogen (secondary N) is 1. The second-order valence-electron chi connectivity index (χ2n) is 4.38. The summed E-state index contributed by atoms with van der Waals surface area (Å²) in [5.41, 5.74) is 4.75. The molecule has 1 rings (SSSR count). The summed E-state index contributed by atoms with van der Waals surface area (Å²) >= 11 is 4.88. The van der Waals surface area contributed by atoms with Crippen LogP contribution in [0, 0.1) is 5.92 Å². The highest BCUT2D eigenvalue weighted by Crippen LogP contribution is 2.30. The first-order chi connectivity index (χ1) is 6.79. The highest BCUT2D eigenvalue weighted by atomic mass is 32.2. The van der Waals surface area contributed by atoms with Crippen LogP contribution in [0.3, 0.4) is 0 Å². The van der Waals surface area contributed by atoms with Crippen molar-refractivity contribution < 1.29 is 8.42 Å². The van der Waals surface area contributed by atoms with E-state index in [1.807, 2.05) is 6.92 Å². The van der Waals surface area contributed by atoms with E-state index in [1.165, 1.54) is 0 Å². The summed E-state index contributed by atoms with van der Waals surface area (Å²) in [7, 11) is -3.25. The minimum Gasteiger partial charge on any atom is -0.392 e. The molecule has 3 N–H and O–H groups in total. The zero-order chi connectivity index (χ0) is 11.7. The van der Waals surface area contributed by atoms with Crippen molar-refractivity contribution in [3.8, 4) is 0 Å². The summed E-state index contributed by atoms with van der Waals surface area (Å²) in [6, 6.07) is 0. The van der Waals surface area contributed by atoms with Crippen molar-refractivity contribution >= 4 is 27.2 Å². The molecule has 0 spiro atoms. The van der Waals surface area contributed by atoms with E-state index >= 15 is 0 Å². The van der Waals surface area contributed by atoms with E-state index in [2.05, 4.69) is 4.72 Å². The number of hydrogen-bond donors (Lipinski definition) is 2. The standard InChI is InChI=1S/C9H18N2O2S2/c1-3-9(2,8(10)14)11-15(12,13)6-7-4-5-7/h7,11H,3-6H2,1-2H3,(H2,10,14). The fourth-order valence-corrected chi connectivity index (χ4v) is 3.51. The monoisotopic (exact) mass is 250 g/mol. The molecule has 0 bridgehead atoms. The predicted octanol–water partition coefficient (Wildman–Crippen LogP) is 0.771. The Bertz CT molecular complexity index is 349. The largest absolute Gasteiger partial charge is 0.392 e. The molecule has 0 aliphatic heterocycles. The molecule has 1 fully saturated rings. The lowest BCUT2D eigenvalue weighted by Crippen LogP contribution is -2.54. The van der Waals surface area contributed by atoms with Gasteiger partial charge in [-0.05, 0) is 32.1 Å². The Kier molecular flexibility index (Phi) is 3.73. The first-order valence-corrected chi connectivity index (χ1v) is 7.16. The molecule has 4 nitrogen and oxygen atoms in total. The van der Waals surface area contributed by atoms with E-state index in [4.69, 9.17) is 18.0 Å². The molecule has 1 aliphatic carbocycles. The highest BCUT2D eigenvalue weighted by molar-refractivity contribution is 7.89. The van der Waals surface area contributed by atoms with Gasteiger partial charge in [0.1, 0.15) is 0 Å². The third-order valence-electron chi connectivity index (χ3n) is 2.78. The number of hydrogen-bond acceptors (Lipinski definition) is 3. The van der Waals surface area contributed by atoms with E-state index in [-0.39, 0.29) is 10.7 Å². The summed E-state index contributed by atoms with van der Waals surface area (Å²) in [5, 5.41) is 0. The van der Waals surface area contributed by atoms with Gasteiger partial charge in [0, 0.05) is 0 Å². The lowest BCUT2D eigenvalue weighted by Gasteiger charge is -2.27. The fourth-order valence-electron chi connectivity index (χ4n) is 1.28. The smallest absolute Gasteiger partial charge is 0.212 e. The number of sulfonamides is 1. The van der Waals surface area contributed by atoms with Crippen LogP contribution in [0.15, 0.2) is 0 Å². The molecule has 0 aromatic heterocycles. The van der Waals surface area contributed by atoms with Crippen LogP contribution in [-0.4, -0.2) is 24.7 Å². The molecule has 1 unspecified atom stereocenters. The van der Waals surface area contributed by atoms with Crippen molar-refractivity contribution in [1.82, 2.24) is 4.72 Å². The molecule has 88 valence electrons. The van der Waals surface area contributed by atoms with Crippen molar-refractivity contribution in [2.24, 2.45) is 11.7 Å². The zero-order valence-electron chi connectivity index (χ0n) is 9.12. The molecule has 1 aliphatic rings. The van der Waals surface area contributed by atoms with E-state index in [1.54, 1.807) is 6.92 Å². The number of rotatable bonds is 6. The maximum Gasteiger partial charge on any atom is 0.212 e. The Hall–Kier alpha value is -0.200. The third-order valence-corrected chi connectivity index (χ3v) is 4.91. The molecular formula is C9H18N2O2S2. The quantitative estimate of drug-likeness (QED) is 0.683. The predicted molar refractivity (Wildman–Crippen MR) is 65.1 cm³/mol. The van der Waals surface area contributed by atoms with Gasteiger partial charge in [-0.3, -0.25) is 0 Å². The molecule has 1 atom stereocenters. The molecular weight excluding hydrogens is 232 g/mol. The van der Waals surface area contributed by atoms with Gasteiger partial charge in [-0.15, -0.1) is 0 Å². The first-order valence-electron chi connectivity index (χ1n) is 5.10. The summed E-state index contributed by atoms with van der Waals surface area (Å²) < 4.78 is 26.1. The lowest BCUT2D eigenvalue weighted by atomic mass is 10.0. The van der Waals surface area contributed by atoms with Gasteiger partial charge in [-0.2, -0.15) is 0 Å². The summed E-state index contributed by atoms with van der Waals surface area (Å²) in [6.07, 6.45) is 2.58. The maximum absolute atomic E-state index is 11.7. The Morgan fingerprint density at radius 3 is 2.47 bits per heavy atom. The van der Waals surface area contributed by atoms with Gasteiger partial charge in [0.05, 0.1) is 16.3 Å². The molecule has 0 saturated heterocycles. The topological polar surface area (TPSA) is 72.2 Å². The SMILES string of the molecule is CCC(C)(NS(=O)(=O)CC1CC1)C(N)=S. The van der Waals surface area contributed by atoms with Gasteiger partial charge >= 0.3 is 0 Å². The van der Waals surface area contributed by atoms with Crippen molar-refractivity contribution in [2.45, 2.75) is 38.6 Å². The first kappa shape index (κ1) is 12.9.